The van der Waals surface area contributed by atoms with Crippen molar-refractivity contribution in [2.45, 2.75) is 39.7 Å². The molecule has 1 aromatic heterocycles. The van der Waals surface area contributed by atoms with Gasteiger partial charge in [0.15, 0.2) is 17.4 Å². The molecule has 0 aliphatic carbocycles. The van der Waals surface area contributed by atoms with Gasteiger partial charge in [0.05, 0.1) is 17.1 Å². The van der Waals surface area contributed by atoms with Gasteiger partial charge in [0.25, 0.3) is 0 Å². The third-order valence-corrected chi connectivity index (χ3v) is 4.89. The zero-order chi connectivity index (χ0) is 21.7. The number of halogens is 2. The number of nitriles is 1. The Kier molecular flexibility index (Phi) is 6.80. The van der Waals surface area contributed by atoms with Crippen molar-refractivity contribution in [1.29, 1.82) is 5.26 Å². The molecule has 0 saturated carbocycles. The van der Waals surface area contributed by atoms with Crippen molar-refractivity contribution in [3.8, 4) is 17.5 Å². The average molecular weight is 411 g/mol. The normalized spacial score (nSPS) is 10.8. The van der Waals surface area contributed by atoms with E-state index in [0.29, 0.717) is 35.4 Å². The number of rotatable bonds is 8. The smallest absolute Gasteiger partial charge is 0.191 e. The van der Waals surface area contributed by atoms with Crippen LogP contribution < -0.4 is 4.74 Å². The summed E-state index contributed by atoms with van der Waals surface area (Å²) in [6, 6.07) is 12.2. The van der Waals surface area contributed by atoms with Crippen molar-refractivity contribution in [3.63, 3.8) is 0 Å². The number of aliphatic hydroxyl groups is 1. The van der Waals surface area contributed by atoms with Crippen LogP contribution in [0.1, 0.15) is 41.4 Å². The van der Waals surface area contributed by atoms with Crippen molar-refractivity contribution < 1.29 is 18.6 Å². The van der Waals surface area contributed by atoms with E-state index in [2.05, 4.69) is 18.1 Å². The summed E-state index contributed by atoms with van der Waals surface area (Å²) in [7, 11) is 0. The number of aryl methyl sites for hydroxylation is 3. The Bertz CT molecular complexity index is 1050. The Balaban J connectivity index is 1.91. The third kappa shape index (κ3) is 4.50. The van der Waals surface area contributed by atoms with Crippen LogP contribution in [0.2, 0.25) is 0 Å². The maximum absolute atomic E-state index is 14.4. The topological polar surface area (TPSA) is 71.1 Å². The first-order chi connectivity index (χ1) is 14.5. The van der Waals surface area contributed by atoms with Crippen LogP contribution >= 0.6 is 0 Å². The van der Waals surface area contributed by atoms with E-state index in [1.807, 2.05) is 24.3 Å². The number of aromatic nitrogens is 2. The summed E-state index contributed by atoms with van der Waals surface area (Å²) >= 11 is 0. The molecule has 0 aliphatic heterocycles. The first-order valence-corrected chi connectivity index (χ1v) is 9.78. The SMILES string of the molecule is CCc1ccc(-n2nc(C)c(C#N)c2COc2c(F)cc(CCCO)cc2F)cc1. The molecule has 3 rings (SSSR count). The molecule has 30 heavy (non-hydrogen) atoms. The van der Waals surface area contributed by atoms with E-state index in [-0.39, 0.29) is 13.2 Å². The quantitative estimate of drug-likeness (QED) is 0.597. The van der Waals surface area contributed by atoms with E-state index >= 15 is 0 Å². The molecule has 0 fully saturated rings. The zero-order valence-corrected chi connectivity index (χ0v) is 17.0. The molecule has 0 saturated heterocycles. The van der Waals surface area contributed by atoms with Crippen LogP contribution in [0.25, 0.3) is 5.69 Å². The second kappa shape index (κ2) is 9.51. The minimum Gasteiger partial charge on any atom is -0.481 e. The predicted octanol–water partition coefficient (Wildman–Crippen LogP) is 4.40. The van der Waals surface area contributed by atoms with Crippen LogP contribution in [0.4, 0.5) is 8.78 Å². The summed E-state index contributed by atoms with van der Waals surface area (Å²) in [4.78, 5) is 0. The number of hydrogen-bond donors (Lipinski definition) is 1. The highest BCUT2D eigenvalue weighted by atomic mass is 19.1. The molecule has 0 bridgehead atoms. The fourth-order valence-electron chi connectivity index (χ4n) is 3.26. The van der Waals surface area contributed by atoms with E-state index in [1.54, 1.807) is 11.6 Å². The third-order valence-electron chi connectivity index (χ3n) is 4.89. The molecule has 1 heterocycles. The van der Waals surface area contributed by atoms with Gasteiger partial charge >= 0.3 is 0 Å². The van der Waals surface area contributed by atoms with Gasteiger partial charge in [0, 0.05) is 6.61 Å². The molecule has 0 radical (unpaired) electrons. The molecular weight excluding hydrogens is 388 g/mol. The Morgan fingerprint density at radius 3 is 2.37 bits per heavy atom. The Hall–Kier alpha value is -3.24. The molecule has 156 valence electrons. The lowest BCUT2D eigenvalue weighted by Crippen LogP contribution is -2.09. The van der Waals surface area contributed by atoms with Gasteiger partial charge in [0.1, 0.15) is 18.2 Å². The molecule has 0 atom stereocenters. The van der Waals surface area contributed by atoms with Gasteiger partial charge in [0.2, 0.25) is 0 Å². The molecule has 3 aromatic rings. The number of ether oxygens (including phenoxy) is 1. The van der Waals surface area contributed by atoms with E-state index < -0.39 is 17.4 Å². The summed E-state index contributed by atoms with van der Waals surface area (Å²) in [6.07, 6.45) is 1.67. The summed E-state index contributed by atoms with van der Waals surface area (Å²) in [6.45, 7) is 3.48. The maximum Gasteiger partial charge on any atom is 0.191 e. The molecule has 0 unspecified atom stereocenters. The van der Waals surface area contributed by atoms with Crippen LogP contribution in [0, 0.1) is 29.9 Å². The van der Waals surface area contributed by atoms with E-state index in [0.717, 1.165) is 17.7 Å². The largest absolute Gasteiger partial charge is 0.481 e. The second-order valence-electron chi connectivity index (χ2n) is 6.96. The van der Waals surface area contributed by atoms with Crippen molar-refractivity contribution in [2.24, 2.45) is 0 Å². The van der Waals surface area contributed by atoms with Gasteiger partial charge < -0.3 is 9.84 Å². The van der Waals surface area contributed by atoms with Gasteiger partial charge in [-0.25, -0.2) is 13.5 Å². The number of aliphatic hydroxyl groups excluding tert-OH is 1. The van der Waals surface area contributed by atoms with Crippen molar-refractivity contribution in [1.82, 2.24) is 9.78 Å². The highest BCUT2D eigenvalue weighted by Crippen LogP contribution is 2.27. The summed E-state index contributed by atoms with van der Waals surface area (Å²) in [5.74, 6) is -2.15. The molecule has 0 spiro atoms. The summed E-state index contributed by atoms with van der Waals surface area (Å²) < 4.78 is 35.9. The van der Waals surface area contributed by atoms with Crippen LogP contribution in [-0.2, 0) is 19.4 Å². The first kappa shape index (κ1) is 21.5. The van der Waals surface area contributed by atoms with Crippen LogP contribution in [0.5, 0.6) is 5.75 Å². The molecular formula is C23H23F2N3O2. The molecule has 5 nitrogen and oxygen atoms in total. The predicted molar refractivity (Wildman–Crippen MR) is 108 cm³/mol. The fraction of sp³-hybridized carbons (Fsp3) is 0.304. The fourth-order valence-corrected chi connectivity index (χ4v) is 3.26. The minimum atomic E-state index is -0.823. The molecule has 1 N–H and O–H groups in total. The van der Waals surface area contributed by atoms with Crippen molar-refractivity contribution >= 4 is 0 Å². The zero-order valence-electron chi connectivity index (χ0n) is 17.0. The Morgan fingerprint density at radius 2 is 1.80 bits per heavy atom. The van der Waals surface area contributed by atoms with Crippen LogP contribution in [0.15, 0.2) is 36.4 Å². The van der Waals surface area contributed by atoms with Crippen LogP contribution in [0.3, 0.4) is 0 Å². The van der Waals surface area contributed by atoms with Crippen molar-refractivity contribution in [3.05, 3.63) is 76.1 Å². The van der Waals surface area contributed by atoms with E-state index in [4.69, 9.17) is 9.84 Å². The van der Waals surface area contributed by atoms with Crippen molar-refractivity contribution in [2.75, 3.05) is 6.61 Å². The second-order valence-corrected chi connectivity index (χ2v) is 6.96. The molecule has 7 heteroatoms. The summed E-state index contributed by atoms with van der Waals surface area (Å²) in [5, 5.41) is 22.8. The summed E-state index contributed by atoms with van der Waals surface area (Å²) in [5.41, 5.74) is 3.58. The average Bonchev–Trinajstić information content (AvgIpc) is 3.06. The number of benzene rings is 2. The first-order valence-electron chi connectivity index (χ1n) is 9.78. The molecule has 0 aliphatic rings. The lowest BCUT2D eigenvalue weighted by atomic mass is 10.1. The standard InChI is InChI=1S/C23H23F2N3O2/c1-3-16-6-8-18(9-7-16)28-22(19(13-26)15(2)27-28)14-30-23-20(24)11-17(5-4-10-29)12-21(23)25/h6-9,11-12,29H,3-5,10,14H2,1-2H3. The van der Waals surface area contributed by atoms with Gasteiger partial charge in [-0.05, 0) is 61.6 Å². The lowest BCUT2D eigenvalue weighted by Gasteiger charge is -2.12. The van der Waals surface area contributed by atoms with Gasteiger partial charge in [-0.15, -0.1) is 0 Å². The number of nitrogens with zero attached hydrogens (tertiary/aromatic N) is 3. The Labute approximate surface area is 174 Å². The highest BCUT2D eigenvalue weighted by Gasteiger charge is 2.19. The monoisotopic (exact) mass is 411 g/mol. The Morgan fingerprint density at radius 1 is 1.13 bits per heavy atom. The van der Waals surface area contributed by atoms with Crippen LogP contribution in [-0.4, -0.2) is 21.5 Å². The maximum atomic E-state index is 14.4. The lowest BCUT2D eigenvalue weighted by molar-refractivity contribution is 0.266. The highest BCUT2D eigenvalue weighted by molar-refractivity contribution is 5.44. The van der Waals surface area contributed by atoms with Gasteiger partial charge in [-0.1, -0.05) is 19.1 Å². The number of hydrogen-bond acceptors (Lipinski definition) is 4. The molecule has 2 aromatic carbocycles. The van der Waals surface area contributed by atoms with Gasteiger partial charge in [-0.3, -0.25) is 0 Å². The van der Waals surface area contributed by atoms with E-state index in [1.165, 1.54) is 12.1 Å². The van der Waals surface area contributed by atoms with E-state index in [9.17, 15) is 14.0 Å². The van der Waals surface area contributed by atoms with Gasteiger partial charge in [-0.2, -0.15) is 10.4 Å². The minimum absolute atomic E-state index is 0.0546. The molecule has 0 amide bonds.